The molecule has 4 bridgehead atoms. The molecule has 0 unspecified atom stereocenters. The topological polar surface area (TPSA) is 100 Å². The second kappa shape index (κ2) is 8.38. The zero-order chi connectivity index (χ0) is 24.1. The van der Waals surface area contributed by atoms with E-state index in [1.165, 1.54) is 0 Å². The van der Waals surface area contributed by atoms with Gasteiger partial charge in [-0.3, -0.25) is 4.68 Å². The van der Waals surface area contributed by atoms with E-state index < -0.39 is 0 Å². The van der Waals surface area contributed by atoms with E-state index in [0.29, 0.717) is 35.8 Å². The molecule has 5 aromatic heterocycles. The summed E-state index contributed by atoms with van der Waals surface area (Å²) in [5.74, 6) is 2.91. The van der Waals surface area contributed by atoms with Crippen molar-refractivity contribution in [1.29, 1.82) is 0 Å². The SMILES string of the molecule is C[C@H]1CCOc2c(cnn2C)-c2nccc(n2)Nc2cc3c(cn2)c(-c2ccc(CCl)n2C)nn31. The average Bonchev–Trinajstić information content (AvgIpc) is 3.53. The van der Waals surface area contributed by atoms with Gasteiger partial charge in [0.2, 0.25) is 5.88 Å². The molecular formula is C24H24ClN9O. The van der Waals surface area contributed by atoms with Crippen LogP contribution in [0.25, 0.3) is 33.7 Å². The lowest BCUT2D eigenvalue weighted by Crippen LogP contribution is -2.13. The second-order valence-corrected chi connectivity index (χ2v) is 8.91. The Labute approximate surface area is 206 Å². The Balaban J connectivity index is 1.51. The molecule has 178 valence electrons. The molecule has 5 aromatic rings. The number of nitrogens with one attached hydrogen (secondary N) is 1. The first-order chi connectivity index (χ1) is 17.0. The minimum absolute atomic E-state index is 0.0722. The molecule has 11 heteroatoms. The summed E-state index contributed by atoms with van der Waals surface area (Å²) in [6.45, 7) is 2.63. The van der Waals surface area contributed by atoms with Gasteiger partial charge >= 0.3 is 0 Å². The van der Waals surface area contributed by atoms with Crippen molar-refractivity contribution < 1.29 is 4.74 Å². The third-order valence-corrected chi connectivity index (χ3v) is 6.70. The number of hydrogen-bond donors (Lipinski definition) is 1. The van der Waals surface area contributed by atoms with Crippen LogP contribution in [0.3, 0.4) is 0 Å². The molecule has 6 heterocycles. The van der Waals surface area contributed by atoms with Crippen LogP contribution in [-0.2, 0) is 20.0 Å². The lowest BCUT2D eigenvalue weighted by molar-refractivity contribution is 0.260. The van der Waals surface area contributed by atoms with Gasteiger partial charge in [0.15, 0.2) is 5.82 Å². The predicted octanol–water partition coefficient (Wildman–Crippen LogP) is 4.45. The monoisotopic (exact) mass is 489 g/mol. The van der Waals surface area contributed by atoms with Crippen molar-refractivity contribution in [3.05, 3.63) is 48.5 Å². The summed E-state index contributed by atoms with van der Waals surface area (Å²) >= 11 is 6.12. The zero-order valence-electron chi connectivity index (χ0n) is 19.6. The summed E-state index contributed by atoms with van der Waals surface area (Å²) in [7, 11) is 3.85. The van der Waals surface area contributed by atoms with Gasteiger partial charge in [-0.05, 0) is 25.1 Å². The van der Waals surface area contributed by atoms with Gasteiger partial charge in [-0.2, -0.15) is 10.2 Å². The van der Waals surface area contributed by atoms with E-state index in [2.05, 4.69) is 47.6 Å². The third-order valence-electron chi connectivity index (χ3n) is 6.43. The molecule has 0 amide bonds. The van der Waals surface area contributed by atoms with Gasteiger partial charge in [0, 0.05) is 50.1 Å². The maximum atomic E-state index is 6.18. The molecule has 6 rings (SSSR count). The van der Waals surface area contributed by atoms with Crippen molar-refractivity contribution in [2.75, 3.05) is 11.9 Å². The molecule has 0 spiro atoms. The highest BCUT2D eigenvalue weighted by Crippen LogP contribution is 2.34. The van der Waals surface area contributed by atoms with Crippen LogP contribution in [0.5, 0.6) is 5.88 Å². The highest BCUT2D eigenvalue weighted by atomic mass is 35.5. The quantitative estimate of drug-likeness (QED) is 0.365. The van der Waals surface area contributed by atoms with Gasteiger partial charge in [-0.25, -0.2) is 19.6 Å². The molecule has 0 radical (unpaired) electrons. The third kappa shape index (κ3) is 3.61. The zero-order valence-corrected chi connectivity index (χ0v) is 20.4. The van der Waals surface area contributed by atoms with Crippen molar-refractivity contribution in [3.8, 4) is 28.7 Å². The number of aryl methyl sites for hydroxylation is 1. The first-order valence-corrected chi connectivity index (χ1v) is 11.9. The van der Waals surface area contributed by atoms with Crippen molar-refractivity contribution in [1.82, 2.24) is 39.1 Å². The van der Waals surface area contributed by atoms with Crippen LogP contribution in [0.2, 0.25) is 0 Å². The van der Waals surface area contributed by atoms with Gasteiger partial charge in [-0.1, -0.05) is 0 Å². The molecule has 1 atom stereocenters. The Hall–Kier alpha value is -3.92. The van der Waals surface area contributed by atoms with E-state index >= 15 is 0 Å². The van der Waals surface area contributed by atoms with Crippen molar-refractivity contribution >= 4 is 34.1 Å². The Bertz CT molecular complexity index is 1550. The van der Waals surface area contributed by atoms with Crippen LogP contribution < -0.4 is 10.1 Å². The van der Waals surface area contributed by atoms with Crippen molar-refractivity contribution in [2.45, 2.75) is 25.3 Å². The Morgan fingerprint density at radius 3 is 2.86 bits per heavy atom. The van der Waals surface area contributed by atoms with Gasteiger partial charge in [-0.15, -0.1) is 11.6 Å². The molecule has 10 nitrogen and oxygen atoms in total. The molecule has 1 N–H and O–H groups in total. The number of alkyl halides is 1. The fourth-order valence-corrected chi connectivity index (χ4v) is 4.71. The minimum Gasteiger partial charge on any atom is -0.477 e. The highest BCUT2D eigenvalue weighted by molar-refractivity contribution is 6.17. The summed E-state index contributed by atoms with van der Waals surface area (Å²) in [6, 6.07) is 7.97. The van der Waals surface area contributed by atoms with Crippen LogP contribution in [0.1, 0.15) is 25.1 Å². The number of nitrogens with zero attached hydrogens (tertiary/aromatic N) is 8. The number of fused-ring (bicyclic) bond motifs is 5. The average molecular weight is 490 g/mol. The Kier molecular flexibility index (Phi) is 5.18. The van der Waals surface area contributed by atoms with Gasteiger partial charge in [0.05, 0.1) is 35.9 Å². The predicted molar refractivity (Wildman–Crippen MR) is 134 cm³/mol. The molecule has 0 aliphatic carbocycles. The van der Waals surface area contributed by atoms with E-state index in [1.807, 2.05) is 32.4 Å². The summed E-state index contributed by atoms with van der Waals surface area (Å²) in [6.07, 6.45) is 6.04. The van der Waals surface area contributed by atoms with E-state index in [4.69, 9.17) is 21.4 Å². The Morgan fingerprint density at radius 1 is 1.14 bits per heavy atom. The number of pyridine rings is 1. The molecule has 35 heavy (non-hydrogen) atoms. The van der Waals surface area contributed by atoms with Crippen LogP contribution in [0.4, 0.5) is 11.6 Å². The number of rotatable bonds is 2. The lowest BCUT2D eigenvalue weighted by Gasteiger charge is -2.16. The van der Waals surface area contributed by atoms with Crippen LogP contribution in [0, 0.1) is 0 Å². The van der Waals surface area contributed by atoms with E-state index in [9.17, 15) is 0 Å². The standard InChI is InChI=1S/C24H24ClN9O/c1-14-7-9-35-24-17(13-28-33(24)3)23-26-8-6-20(30-23)29-21-10-19-16(12-27-21)22(31-34(14)19)18-5-4-15(11-25)32(18)2/h4-6,8,10,12-14H,7,9,11H2,1-3H3,(H,26,27,29,30)/t14-/m0/s1. The van der Waals surface area contributed by atoms with Crippen molar-refractivity contribution in [2.24, 2.45) is 14.1 Å². The lowest BCUT2D eigenvalue weighted by atomic mass is 10.2. The van der Waals surface area contributed by atoms with Crippen LogP contribution >= 0.6 is 11.6 Å². The molecule has 0 saturated carbocycles. The molecule has 0 saturated heterocycles. The van der Waals surface area contributed by atoms with Gasteiger partial charge in [0.1, 0.15) is 22.9 Å². The van der Waals surface area contributed by atoms with E-state index in [0.717, 1.165) is 40.0 Å². The fraction of sp³-hybridized carbons (Fsp3) is 0.292. The second-order valence-electron chi connectivity index (χ2n) is 8.65. The molecule has 0 fully saturated rings. The number of halogens is 1. The molecular weight excluding hydrogens is 466 g/mol. The molecule has 0 aromatic carbocycles. The smallest absolute Gasteiger partial charge is 0.222 e. The maximum Gasteiger partial charge on any atom is 0.222 e. The largest absolute Gasteiger partial charge is 0.477 e. The van der Waals surface area contributed by atoms with E-state index in [-0.39, 0.29) is 6.04 Å². The summed E-state index contributed by atoms with van der Waals surface area (Å²) < 4.78 is 12.0. The van der Waals surface area contributed by atoms with E-state index in [1.54, 1.807) is 23.1 Å². The van der Waals surface area contributed by atoms with Gasteiger partial charge in [0.25, 0.3) is 0 Å². The number of anilines is 2. The summed E-state index contributed by atoms with van der Waals surface area (Å²) in [5, 5.41) is 13.7. The highest BCUT2D eigenvalue weighted by Gasteiger charge is 2.22. The van der Waals surface area contributed by atoms with Gasteiger partial charge < -0.3 is 14.6 Å². The summed E-state index contributed by atoms with van der Waals surface area (Å²) in [5.41, 5.74) is 4.61. The summed E-state index contributed by atoms with van der Waals surface area (Å²) in [4.78, 5) is 13.8. The van der Waals surface area contributed by atoms with Crippen LogP contribution in [-0.4, -0.2) is 45.7 Å². The number of ether oxygens (including phenoxy) is 1. The van der Waals surface area contributed by atoms with Crippen molar-refractivity contribution in [3.63, 3.8) is 0 Å². The maximum absolute atomic E-state index is 6.18. The Morgan fingerprint density at radius 2 is 2.03 bits per heavy atom. The fourth-order valence-electron chi connectivity index (χ4n) is 4.44. The normalized spacial score (nSPS) is 15.5. The minimum atomic E-state index is 0.0722. The molecule has 1 aliphatic heterocycles. The number of hydrogen-bond acceptors (Lipinski definition) is 7. The van der Waals surface area contributed by atoms with Crippen LogP contribution in [0.15, 0.2) is 42.9 Å². The first-order valence-electron chi connectivity index (χ1n) is 11.4. The first kappa shape index (κ1) is 21.6. The number of aromatic nitrogens is 8. The molecule has 1 aliphatic rings.